The molecule has 0 spiro atoms. The average Bonchev–Trinajstić information content (AvgIpc) is 3.73. The van der Waals surface area contributed by atoms with Crippen molar-refractivity contribution in [1.82, 2.24) is 28.9 Å². The lowest BCUT2D eigenvalue weighted by Crippen LogP contribution is -2.35. The molecule has 5 aromatic heterocycles. The molecule has 242 valence electrons. The predicted molar refractivity (Wildman–Crippen MR) is 200 cm³/mol. The summed E-state index contributed by atoms with van der Waals surface area (Å²) in [5.74, 6) is 0.993. The van der Waals surface area contributed by atoms with Crippen LogP contribution in [0.2, 0.25) is 0 Å². The Bertz CT molecular complexity index is 2590. The topological polar surface area (TPSA) is 60.9 Å². The fraction of sp³-hybridized carbons (Fsp3) is 0.256. The highest BCUT2D eigenvalue weighted by Crippen LogP contribution is 2.48. The predicted octanol–water partition coefficient (Wildman–Crippen LogP) is 10.1. The molecule has 8 aromatic rings. The third-order valence-corrected chi connectivity index (χ3v) is 11.0. The molecule has 6 nitrogen and oxygen atoms in total. The second-order valence-corrected chi connectivity index (χ2v) is 15.5. The molecular formula is C43H40N6. The first-order valence-corrected chi connectivity index (χ1v) is 17.3. The lowest BCUT2D eigenvalue weighted by atomic mass is 9.67. The van der Waals surface area contributed by atoms with Gasteiger partial charge in [-0.25, -0.2) is 15.0 Å². The maximum absolute atomic E-state index is 5.50. The summed E-state index contributed by atoms with van der Waals surface area (Å²) < 4.78 is 4.66. The number of benzene rings is 3. The highest BCUT2D eigenvalue weighted by molar-refractivity contribution is 6.10. The van der Waals surface area contributed by atoms with E-state index in [0.717, 1.165) is 74.2 Å². The van der Waals surface area contributed by atoms with Gasteiger partial charge in [-0.3, -0.25) is 14.0 Å². The molecule has 5 heterocycles. The summed E-state index contributed by atoms with van der Waals surface area (Å²) in [6, 6.07) is 36.4. The molecule has 1 aliphatic rings. The molecule has 0 N–H and O–H groups in total. The highest BCUT2D eigenvalue weighted by Gasteiger charge is 2.43. The van der Waals surface area contributed by atoms with Crippen molar-refractivity contribution >= 4 is 38.6 Å². The fourth-order valence-corrected chi connectivity index (χ4v) is 7.97. The van der Waals surface area contributed by atoms with Crippen molar-refractivity contribution in [2.75, 3.05) is 0 Å². The van der Waals surface area contributed by atoms with Crippen LogP contribution < -0.4 is 0 Å². The second kappa shape index (κ2) is 10.3. The second-order valence-electron chi connectivity index (χ2n) is 15.5. The molecule has 6 heteroatoms. The van der Waals surface area contributed by atoms with Crippen LogP contribution in [0.3, 0.4) is 0 Å². The molecule has 0 bridgehead atoms. The molecular weight excluding hydrogens is 601 g/mol. The minimum absolute atomic E-state index is 0.000628. The zero-order chi connectivity index (χ0) is 33.7. The summed E-state index contributed by atoms with van der Waals surface area (Å²) in [6.07, 6.45) is 4.08. The van der Waals surface area contributed by atoms with E-state index in [9.17, 15) is 0 Å². The summed E-state index contributed by atoms with van der Waals surface area (Å²) in [6.45, 7) is 14.0. The Balaban J connectivity index is 1.23. The van der Waals surface area contributed by atoms with Crippen LogP contribution >= 0.6 is 0 Å². The number of pyridine rings is 3. The van der Waals surface area contributed by atoms with Gasteiger partial charge >= 0.3 is 0 Å². The van der Waals surface area contributed by atoms with E-state index in [0.29, 0.717) is 0 Å². The van der Waals surface area contributed by atoms with Crippen LogP contribution in [0.25, 0.3) is 55.7 Å². The van der Waals surface area contributed by atoms with Crippen molar-refractivity contribution in [3.05, 3.63) is 132 Å². The fourth-order valence-electron chi connectivity index (χ4n) is 7.97. The van der Waals surface area contributed by atoms with Crippen LogP contribution in [0, 0.1) is 0 Å². The van der Waals surface area contributed by atoms with E-state index in [1.54, 1.807) is 0 Å². The van der Waals surface area contributed by atoms with Gasteiger partial charge < -0.3 is 0 Å². The van der Waals surface area contributed by atoms with Gasteiger partial charge in [-0.05, 0) is 73.0 Å². The van der Waals surface area contributed by atoms with E-state index < -0.39 is 5.41 Å². The molecule has 0 aliphatic heterocycles. The normalized spacial score (nSPS) is 15.7. The Morgan fingerprint density at radius 2 is 1.45 bits per heavy atom. The number of aromatic nitrogens is 6. The van der Waals surface area contributed by atoms with Gasteiger partial charge in [0.1, 0.15) is 22.5 Å². The first kappa shape index (κ1) is 29.8. The molecule has 0 saturated heterocycles. The average molecular weight is 641 g/mol. The van der Waals surface area contributed by atoms with E-state index in [2.05, 4.69) is 142 Å². The van der Waals surface area contributed by atoms with Gasteiger partial charge in [-0.2, -0.15) is 0 Å². The number of fused-ring (bicyclic) bond motifs is 9. The monoisotopic (exact) mass is 640 g/mol. The van der Waals surface area contributed by atoms with Crippen molar-refractivity contribution in [3.63, 3.8) is 0 Å². The number of hydrogen-bond acceptors (Lipinski definition) is 4. The largest absolute Gasteiger partial charge is 0.296 e. The van der Waals surface area contributed by atoms with Crippen LogP contribution in [0.1, 0.15) is 77.0 Å². The van der Waals surface area contributed by atoms with Crippen LogP contribution in [0.4, 0.5) is 0 Å². The summed E-state index contributed by atoms with van der Waals surface area (Å²) in [5.41, 5.74) is 12.2. The van der Waals surface area contributed by atoms with Gasteiger partial charge in [-0.15, -0.1) is 0 Å². The Hall–Kier alpha value is -5.36. The van der Waals surface area contributed by atoms with E-state index in [1.165, 1.54) is 17.0 Å². The van der Waals surface area contributed by atoms with Crippen molar-refractivity contribution in [2.24, 2.45) is 0 Å². The summed E-state index contributed by atoms with van der Waals surface area (Å²) in [5, 5.41) is 0.998. The SMILES string of the molecule is CC1(C)CCC(C)(C)c2c1nc(-c1cccc(C(C)(C)c3ccc4c(n3)c3ncccc3c3nc5ccccc5n43)c1)n2-c1ccccc1. The maximum Gasteiger partial charge on any atom is 0.148 e. The third-order valence-electron chi connectivity index (χ3n) is 11.0. The summed E-state index contributed by atoms with van der Waals surface area (Å²) in [7, 11) is 0. The molecule has 0 radical (unpaired) electrons. The highest BCUT2D eigenvalue weighted by atomic mass is 15.1. The third kappa shape index (κ3) is 4.39. The van der Waals surface area contributed by atoms with Crippen molar-refractivity contribution in [3.8, 4) is 17.1 Å². The molecule has 9 rings (SSSR count). The number of hydrogen-bond donors (Lipinski definition) is 0. The zero-order valence-electron chi connectivity index (χ0n) is 29.0. The summed E-state index contributed by atoms with van der Waals surface area (Å²) in [4.78, 5) is 20.8. The minimum atomic E-state index is -0.403. The number of rotatable bonds is 4. The van der Waals surface area contributed by atoms with E-state index in [1.807, 2.05) is 18.3 Å². The molecule has 1 aliphatic carbocycles. The molecule has 0 unspecified atom stereocenters. The van der Waals surface area contributed by atoms with Gasteiger partial charge in [0, 0.05) is 39.1 Å². The first-order valence-electron chi connectivity index (χ1n) is 17.3. The van der Waals surface area contributed by atoms with E-state index >= 15 is 0 Å². The van der Waals surface area contributed by atoms with Crippen LogP contribution in [0.5, 0.6) is 0 Å². The number of para-hydroxylation sites is 3. The summed E-state index contributed by atoms with van der Waals surface area (Å²) >= 11 is 0. The Morgan fingerprint density at radius 3 is 2.29 bits per heavy atom. The van der Waals surface area contributed by atoms with Crippen LogP contribution in [-0.4, -0.2) is 28.9 Å². The molecule has 0 fully saturated rings. The number of imidazole rings is 2. The molecule has 3 aromatic carbocycles. The van der Waals surface area contributed by atoms with Gasteiger partial charge in [0.25, 0.3) is 0 Å². The Labute approximate surface area is 286 Å². The lowest BCUT2D eigenvalue weighted by Gasteiger charge is -2.39. The van der Waals surface area contributed by atoms with Crippen molar-refractivity contribution < 1.29 is 0 Å². The Kier molecular flexibility index (Phi) is 6.27. The lowest BCUT2D eigenvalue weighted by molar-refractivity contribution is 0.317. The smallest absolute Gasteiger partial charge is 0.148 e. The minimum Gasteiger partial charge on any atom is -0.296 e. The Morgan fingerprint density at radius 1 is 0.673 bits per heavy atom. The standard InChI is InChI=1S/C43H40N6/c1-41(2)23-24-42(3,4)38-37(41)47-39(48(38)29-16-8-7-9-17-29)27-14-12-15-28(26-27)43(5,6)34-22-21-33-36(46-34)35-30(18-13-25-44-35)40-45-31-19-10-11-20-32(31)49(33)40/h7-22,25-26H,23-24H2,1-6H3. The van der Waals surface area contributed by atoms with Crippen molar-refractivity contribution in [1.29, 1.82) is 0 Å². The van der Waals surface area contributed by atoms with Crippen LogP contribution in [0.15, 0.2) is 109 Å². The first-order chi connectivity index (χ1) is 23.5. The zero-order valence-corrected chi connectivity index (χ0v) is 29.0. The van der Waals surface area contributed by atoms with Crippen molar-refractivity contribution in [2.45, 2.75) is 70.6 Å². The number of nitrogens with zero attached hydrogens (tertiary/aromatic N) is 6. The van der Waals surface area contributed by atoms with Gasteiger partial charge in [0.15, 0.2) is 0 Å². The molecule has 0 saturated carbocycles. The van der Waals surface area contributed by atoms with Gasteiger partial charge in [-0.1, -0.05) is 90.1 Å². The quantitative estimate of drug-likeness (QED) is 0.180. The van der Waals surface area contributed by atoms with E-state index in [-0.39, 0.29) is 10.8 Å². The van der Waals surface area contributed by atoms with Gasteiger partial charge in [0.05, 0.1) is 33.6 Å². The van der Waals surface area contributed by atoms with E-state index in [4.69, 9.17) is 19.9 Å². The maximum atomic E-state index is 5.50. The molecule has 49 heavy (non-hydrogen) atoms. The molecule has 0 amide bonds. The molecule has 0 atom stereocenters. The van der Waals surface area contributed by atoms with Gasteiger partial charge in [0.2, 0.25) is 0 Å². The van der Waals surface area contributed by atoms with Crippen LogP contribution in [-0.2, 0) is 16.2 Å².